The molecule has 0 saturated carbocycles. The Kier molecular flexibility index (Phi) is 5.40. The molecule has 2 aromatic carbocycles. The number of ether oxygens (including phenoxy) is 1. The highest BCUT2D eigenvalue weighted by molar-refractivity contribution is 6.00. The second-order valence-electron chi connectivity index (χ2n) is 7.07. The van der Waals surface area contributed by atoms with E-state index in [1.807, 2.05) is 12.1 Å². The number of hydrogen-bond donors (Lipinski definition) is 2. The maximum atomic E-state index is 12.5. The van der Waals surface area contributed by atoms with Crippen LogP contribution in [0.15, 0.2) is 60.8 Å². The van der Waals surface area contributed by atoms with Gasteiger partial charge in [-0.25, -0.2) is 4.68 Å². The lowest BCUT2D eigenvalue weighted by Gasteiger charge is -2.32. The van der Waals surface area contributed by atoms with Crippen molar-refractivity contribution in [3.8, 4) is 11.4 Å². The van der Waals surface area contributed by atoms with Crippen LogP contribution in [0.25, 0.3) is 5.69 Å². The van der Waals surface area contributed by atoms with Crippen molar-refractivity contribution in [2.75, 3.05) is 16.8 Å². The number of anilines is 2. The van der Waals surface area contributed by atoms with Gasteiger partial charge in [0.25, 0.3) is 11.8 Å². The molecule has 4 rings (SSSR count). The molecule has 158 valence electrons. The molecule has 0 bridgehead atoms. The Morgan fingerprint density at radius 1 is 1.13 bits per heavy atom. The molecule has 0 spiro atoms. The summed E-state index contributed by atoms with van der Waals surface area (Å²) in [6.07, 6.45) is 1.17. The second-order valence-corrected chi connectivity index (χ2v) is 7.07. The lowest BCUT2D eigenvalue weighted by atomic mass is 10.1. The third kappa shape index (κ3) is 4.25. The maximum Gasteiger partial charge on any atom is 0.269 e. The minimum absolute atomic E-state index is 0.135. The fourth-order valence-corrected chi connectivity index (χ4v) is 3.32. The van der Waals surface area contributed by atoms with E-state index in [1.54, 1.807) is 54.4 Å². The average Bonchev–Trinajstić information content (AvgIpc) is 3.25. The zero-order chi connectivity index (χ0) is 22.0. The van der Waals surface area contributed by atoms with Gasteiger partial charge in [0, 0.05) is 24.8 Å². The summed E-state index contributed by atoms with van der Waals surface area (Å²) in [7, 11) is 0. The summed E-state index contributed by atoms with van der Waals surface area (Å²) in [5, 5.41) is 6.91. The van der Waals surface area contributed by atoms with Gasteiger partial charge in [-0.15, -0.1) is 0 Å². The third-order valence-corrected chi connectivity index (χ3v) is 4.89. The maximum absolute atomic E-state index is 12.5. The number of para-hydroxylation sites is 2. The Morgan fingerprint density at radius 2 is 1.87 bits per heavy atom. The topological polar surface area (TPSA) is 120 Å². The van der Waals surface area contributed by atoms with Crippen LogP contribution in [0.2, 0.25) is 0 Å². The van der Waals surface area contributed by atoms with E-state index in [2.05, 4.69) is 10.4 Å². The SMILES string of the molecule is CC1Oc2ccccc2N(CCC(=O)Nc2ccc(-n3ccc(C(N)=O)n3)cc2)C1=O. The quantitative estimate of drug-likeness (QED) is 0.634. The van der Waals surface area contributed by atoms with E-state index in [0.29, 0.717) is 17.1 Å². The highest BCUT2D eigenvalue weighted by Crippen LogP contribution is 2.33. The number of nitrogens with one attached hydrogen (secondary N) is 1. The molecule has 1 aliphatic heterocycles. The van der Waals surface area contributed by atoms with Crippen LogP contribution in [-0.2, 0) is 9.59 Å². The zero-order valence-electron chi connectivity index (χ0n) is 16.8. The molecule has 3 amide bonds. The van der Waals surface area contributed by atoms with Gasteiger partial charge in [0.1, 0.15) is 11.4 Å². The fraction of sp³-hybridized carbons (Fsp3) is 0.182. The van der Waals surface area contributed by atoms with Crippen LogP contribution >= 0.6 is 0 Å². The molecule has 31 heavy (non-hydrogen) atoms. The van der Waals surface area contributed by atoms with Crippen LogP contribution in [0.3, 0.4) is 0 Å². The number of aromatic nitrogens is 2. The first kappa shape index (κ1) is 20.1. The number of carbonyl (C=O) groups excluding carboxylic acids is 3. The molecular weight excluding hydrogens is 398 g/mol. The molecule has 1 unspecified atom stereocenters. The summed E-state index contributed by atoms with van der Waals surface area (Å²) in [6, 6.07) is 15.8. The third-order valence-electron chi connectivity index (χ3n) is 4.89. The first-order valence-corrected chi connectivity index (χ1v) is 9.75. The van der Waals surface area contributed by atoms with Gasteiger partial charge >= 0.3 is 0 Å². The Hall–Kier alpha value is -4.14. The lowest BCUT2D eigenvalue weighted by Crippen LogP contribution is -2.45. The van der Waals surface area contributed by atoms with E-state index >= 15 is 0 Å². The van der Waals surface area contributed by atoms with Crippen molar-refractivity contribution in [3.63, 3.8) is 0 Å². The molecule has 9 nitrogen and oxygen atoms in total. The van der Waals surface area contributed by atoms with E-state index in [-0.39, 0.29) is 30.5 Å². The number of nitrogens with zero attached hydrogens (tertiary/aromatic N) is 3. The number of amides is 3. The molecule has 0 radical (unpaired) electrons. The summed E-state index contributed by atoms with van der Waals surface area (Å²) in [5.41, 5.74) is 7.38. The standard InChI is InChI=1S/C22H21N5O4/c1-14-22(30)26(18-4-2-3-5-19(18)31-14)12-11-20(28)24-15-6-8-16(9-7-15)27-13-10-17(25-27)21(23)29/h2-10,13-14H,11-12H2,1H3,(H2,23,29)(H,24,28). The van der Waals surface area contributed by atoms with E-state index in [4.69, 9.17) is 10.5 Å². The van der Waals surface area contributed by atoms with Gasteiger partial charge in [-0.1, -0.05) is 12.1 Å². The van der Waals surface area contributed by atoms with E-state index in [0.717, 1.165) is 5.69 Å². The zero-order valence-corrected chi connectivity index (χ0v) is 16.8. The molecule has 9 heteroatoms. The van der Waals surface area contributed by atoms with Crippen molar-refractivity contribution >= 4 is 29.1 Å². The number of nitrogens with two attached hydrogens (primary N) is 1. The van der Waals surface area contributed by atoms with Crippen molar-refractivity contribution in [2.45, 2.75) is 19.4 Å². The van der Waals surface area contributed by atoms with Crippen molar-refractivity contribution in [1.29, 1.82) is 0 Å². The predicted octanol–water partition coefficient (Wildman–Crippen LogP) is 2.11. The van der Waals surface area contributed by atoms with Crippen molar-refractivity contribution in [2.24, 2.45) is 5.73 Å². The predicted molar refractivity (Wildman–Crippen MR) is 114 cm³/mol. The molecule has 1 atom stereocenters. The fourth-order valence-electron chi connectivity index (χ4n) is 3.32. The molecule has 1 aromatic heterocycles. The minimum Gasteiger partial charge on any atom is -0.479 e. The number of rotatable bonds is 6. The molecule has 1 aliphatic rings. The van der Waals surface area contributed by atoms with Gasteiger partial charge in [0.05, 0.1) is 11.4 Å². The molecule has 0 aliphatic carbocycles. The van der Waals surface area contributed by atoms with Crippen LogP contribution in [-0.4, -0.2) is 40.2 Å². The van der Waals surface area contributed by atoms with Crippen molar-refractivity contribution in [1.82, 2.24) is 9.78 Å². The number of carbonyl (C=O) groups is 3. The largest absolute Gasteiger partial charge is 0.479 e. The molecular formula is C22H21N5O4. The normalized spacial score (nSPS) is 15.2. The van der Waals surface area contributed by atoms with Crippen LogP contribution in [0.4, 0.5) is 11.4 Å². The average molecular weight is 419 g/mol. The Balaban J connectivity index is 1.38. The van der Waals surface area contributed by atoms with Gasteiger partial charge < -0.3 is 20.7 Å². The van der Waals surface area contributed by atoms with E-state index < -0.39 is 12.0 Å². The highest BCUT2D eigenvalue weighted by atomic mass is 16.5. The summed E-state index contributed by atoms with van der Waals surface area (Å²) in [6.45, 7) is 1.94. The van der Waals surface area contributed by atoms with Crippen LogP contribution < -0.4 is 20.7 Å². The van der Waals surface area contributed by atoms with Gasteiger partial charge in [0.15, 0.2) is 6.10 Å². The first-order chi connectivity index (χ1) is 14.9. The Morgan fingerprint density at radius 3 is 2.58 bits per heavy atom. The molecule has 2 heterocycles. The van der Waals surface area contributed by atoms with Gasteiger partial charge in [-0.3, -0.25) is 14.4 Å². The molecule has 3 N–H and O–H groups in total. The summed E-state index contributed by atoms with van der Waals surface area (Å²) in [5.74, 6) is -0.361. The first-order valence-electron chi connectivity index (χ1n) is 9.75. The van der Waals surface area contributed by atoms with Crippen molar-refractivity contribution in [3.05, 3.63) is 66.5 Å². The second kappa shape index (κ2) is 8.31. The van der Waals surface area contributed by atoms with Crippen molar-refractivity contribution < 1.29 is 19.1 Å². The summed E-state index contributed by atoms with van der Waals surface area (Å²) >= 11 is 0. The van der Waals surface area contributed by atoms with Crippen LogP contribution in [0, 0.1) is 0 Å². The number of hydrogen-bond acceptors (Lipinski definition) is 5. The van der Waals surface area contributed by atoms with Gasteiger partial charge in [-0.2, -0.15) is 5.10 Å². The lowest BCUT2D eigenvalue weighted by molar-refractivity contribution is -0.125. The monoisotopic (exact) mass is 419 g/mol. The van der Waals surface area contributed by atoms with E-state index in [9.17, 15) is 14.4 Å². The van der Waals surface area contributed by atoms with Crippen LogP contribution in [0.5, 0.6) is 5.75 Å². The molecule has 3 aromatic rings. The van der Waals surface area contributed by atoms with Crippen LogP contribution in [0.1, 0.15) is 23.8 Å². The smallest absolute Gasteiger partial charge is 0.269 e. The number of fused-ring (bicyclic) bond motifs is 1. The minimum atomic E-state index is -0.599. The van der Waals surface area contributed by atoms with E-state index in [1.165, 1.54) is 10.7 Å². The highest BCUT2D eigenvalue weighted by Gasteiger charge is 2.31. The van der Waals surface area contributed by atoms with Gasteiger partial charge in [0.2, 0.25) is 5.91 Å². The molecule has 0 saturated heterocycles. The Labute approximate surface area is 178 Å². The summed E-state index contributed by atoms with van der Waals surface area (Å²) in [4.78, 5) is 37.7. The Bertz CT molecular complexity index is 1140. The number of primary amides is 1. The number of benzene rings is 2. The summed E-state index contributed by atoms with van der Waals surface area (Å²) < 4.78 is 7.14. The molecule has 0 fully saturated rings. The van der Waals surface area contributed by atoms with Gasteiger partial charge in [-0.05, 0) is 49.4 Å².